The van der Waals surface area contributed by atoms with E-state index in [4.69, 9.17) is 4.52 Å². The molecule has 2 heterocycles. The van der Waals surface area contributed by atoms with E-state index in [-0.39, 0.29) is 11.5 Å². The van der Waals surface area contributed by atoms with E-state index in [1.54, 1.807) is 37.0 Å². The molecule has 14 heavy (non-hydrogen) atoms. The van der Waals surface area contributed by atoms with Crippen LogP contribution >= 0.6 is 0 Å². The van der Waals surface area contributed by atoms with Crippen LogP contribution in [0.1, 0.15) is 22.1 Å². The van der Waals surface area contributed by atoms with Crippen molar-refractivity contribution in [3.8, 4) is 0 Å². The predicted octanol–water partition coefficient (Wildman–Crippen LogP) is 0.948. The second-order valence-corrected chi connectivity index (χ2v) is 3.02. The third-order valence-corrected chi connectivity index (χ3v) is 1.88. The first kappa shape index (κ1) is 8.68. The van der Waals surface area contributed by atoms with Gasteiger partial charge in [0, 0.05) is 25.5 Å². The lowest BCUT2D eigenvalue weighted by Crippen LogP contribution is -2.07. The molecule has 0 bridgehead atoms. The van der Waals surface area contributed by atoms with Gasteiger partial charge in [-0.05, 0) is 6.92 Å². The van der Waals surface area contributed by atoms with Gasteiger partial charge < -0.3 is 9.09 Å². The summed E-state index contributed by atoms with van der Waals surface area (Å²) >= 11 is 0. The van der Waals surface area contributed by atoms with Crippen LogP contribution in [0.15, 0.2) is 23.0 Å². The van der Waals surface area contributed by atoms with Crippen LogP contribution in [0.25, 0.3) is 0 Å². The fourth-order valence-electron chi connectivity index (χ4n) is 1.17. The summed E-state index contributed by atoms with van der Waals surface area (Å²) < 4.78 is 6.49. The Morgan fingerprint density at radius 1 is 1.57 bits per heavy atom. The smallest absolute Gasteiger partial charge is 0.266 e. The van der Waals surface area contributed by atoms with Crippen molar-refractivity contribution >= 4 is 5.78 Å². The van der Waals surface area contributed by atoms with Gasteiger partial charge >= 0.3 is 0 Å². The third-order valence-electron chi connectivity index (χ3n) is 1.88. The van der Waals surface area contributed by atoms with Gasteiger partial charge in [0.15, 0.2) is 5.82 Å². The first-order valence-corrected chi connectivity index (χ1v) is 4.14. The van der Waals surface area contributed by atoms with Crippen LogP contribution in [0.5, 0.6) is 0 Å². The lowest BCUT2D eigenvalue weighted by atomic mass is 10.2. The summed E-state index contributed by atoms with van der Waals surface area (Å²) in [7, 11) is 1.75. The quantitative estimate of drug-likeness (QED) is 0.663. The SMILES string of the molecule is Cc1cc(C(=O)c2nccn2C)on1. The van der Waals surface area contributed by atoms with Crippen molar-refractivity contribution < 1.29 is 9.32 Å². The summed E-state index contributed by atoms with van der Waals surface area (Å²) in [6.07, 6.45) is 3.27. The highest BCUT2D eigenvalue weighted by atomic mass is 16.5. The Balaban J connectivity index is 2.38. The van der Waals surface area contributed by atoms with Gasteiger partial charge in [0.1, 0.15) is 0 Å². The number of nitrogens with zero attached hydrogens (tertiary/aromatic N) is 3. The largest absolute Gasteiger partial charge is 0.352 e. The Kier molecular flexibility index (Phi) is 1.92. The molecule has 72 valence electrons. The van der Waals surface area contributed by atoms with Gasteiger partial charge in [-0.3, -0.25) is 4.79 Å². The van der Waals surface area contributed by atoms with Gasteiger partial charge in [0.2, 0.25) is 5.76 Å². The van der Waals surface area contributed by atoms with E-state index in [0.29, 0.717) is 11.5 Å². The molecular formula is C9H9N3O2. The molecule has 0 atom stereocenters. The maximum Gasteiger partial charge on any atom is 0.266 e. The normalized spacial score (nSPS) is 10.4. The first-order chi connectivity index (χ1) is 6.68. The average molecular weight is 191 g/mol. The standard InChI is InChI=1S/C9H9N3O2/c1-6-5-7(14-11-6)8(13)9-10-3-4-12(9)2/h3-5H,1-2H3. The summed E-state index contributed by atoms with van der Waals surface area (Å²) in [6.45, 7) is 1.76. The van der Waals surface area contributed by atoms with Crippen LogP contribution in [-0.2, 0) is 7.05 Å². The van der Waals surface area contributed by atoms with Crippen molar-refractivity contribution in [2.24, 2.45) is 7.05 Å². The maximum absolute atomic E-state index is 11.7. The van der Waals surface area contributed by atoms with Crippen molar-refractivity contribution in [2.45, 2.75) is 6.92 Å². The number of carbonyl (C=O) groups excluding carboxylic acids is 1. The molecule has 2 aromatic heterocycles. The van der Waals surface area contributed by atoms with Crippen LogP contribution in [0.4, 0.5) is 0 Å². The molecule has 0 unspecified atom stereocenters. The first-order valence-electron chi connectivity index (χ1n) is 4.14. The van der Waals surface area contributed by atoms with E-state index in [1.165, 1.54) is 0 Å². The number of ketones is 1. The molecule has 0 aliphatic rings. The van der Waals surface area contributed by atoms with Gasteiger partial charge in [-0.2, -0.15) is 0 Å². The molecule has 0 aromatic carbocycles. The number of hydrogen-bond donors (Lipinski definition) is 0. The van der Waals surface area contributed by atoms with Crippen LogP contribution in [-0.4, -0.2) is 20.5 Å². The van der Waals surface area contributed by atoms with Gasteiger partial charge in [0.05, 0.1) is 5.69 Å². The van der Waals surface area contributed by atoms with Crippen LogP contribution < -0.4 is 0 Å². The van der Waals surface area contributed by atoms with E-state index in [9.17, 15) is 4.79 Å². The number of carbonyl (C=O) groups is 1. The number of hydrogen-bond acceptors (Lipinski definition) is 4. The van der Waals surface area contributed by atoms with Crippen molar-refractivity contribution in [3.05, 3.63) is 35.7 Å². The van der Waals surface area contributed by atoms with Crippen molar-refractivity contribution in [3.63, 3.8) is 0 Å². The molecule has 0 amide bonds. The minimum Gasteiger partial charge on any atom is -0.352 e. The molecule has 0 saturated heterocycles. The number of aromatic nitrogens is 3. The highest BCUT2D eigenvalue weighted by molar-refractivity contribution is 6.04. The summed E-state index contributed by atoms with van der Waals surface area (Å²) in [5, 5.41) is 3.64. The molecule has 0 saturated carbocycles. The Morgan fingerprint density at radius 2 is 2.36 bits per heavy atom. The maximum atomic E-state index is 11.7. The van der Waals surface area contributed by atoms with Gasteiger partial charge in [-0.25, -0.2) is 4.98 Å². The number of aryl methyl sites for hydroxylation is 2. The fourth-order valence-corrected chi connectivity index (χ4v) is 1.17. The van der Waals surface area contributed by atoms with Crippen molar-refractivity contribution in [1.29, 1.82) is 0 Å². The second-order valence-electron chi connectivity index (χ2n) is 3.02. The van der Waals surface area contributed by atoms with Crippen LogP contribution in [0.2, 0.25) is 0 Å². The Labute approximate surface area is 80.3 Å². The molecule has 5 heteroatoms. The monoisotopic (exact) mass is 191 g/mol. The van der Waals surface area contributed by atoms with Gasteiger partial charge in [-0.1, -0.05) is 5.16 Å². The number of imidazole rings is 1. The lowest BCUT2D eigenvalue weighted by Gasteiger charge is -1.95. The molecule has 0 radical (unpaired) electrons. The summed E-state index contributed by atoms with van der Waals surface area (Å²) in [5.74, 6) is 0.316. The third kappa shape index (κ3) is 1.32. The lowest BCUT2D eigenvalue weighted by molar-refractivity contribution is 0.0988. The highest BCUT2D eigenvalue weighted by Gasteiger charge is 2.17. The minimum absolute atomic E-state index is 0.219. The van der Waals surface area contributed by atoms with Crippen LogP contribution in [0, 0.1) is 6.92 Å². The van der Waals surface area contributed by atoms with Crippen LogP contribution in [0.3, 0.4) is 0 Å². The topological polar surface area (TPSA) is 60.9 Å². The summed E-state index contributed by atoms with van der Waals surface area (Å²) in [6, 6.07) is 1.59. The Morgan fingerprint density at radius 3 is 2.86 bits per heavy atom. The van der Waals surface area contributed by atoms with E-state index >= 15 is 0 Å². The minimum atomic E-state index is -0.252. The zero-order valence-electron chi connectivity index (χ0n) is 7.89. The Bertz CT molecular complexity index is 470. The van der Waals surface area contributed by atoms with E-state index in [2.05, 4.69) is 10.1 Å². The summed E-state index contributed by atoms with van der Waals surface area (Å²) in [4.78, 5) is 15.7. The molecule has 0 aliphatic carbocycles. The molecule has 0 aliphatic heterocycles. The molecule has 2 aromatic rings. The number of rotatable bonds is 2. The highest BCUT2D eigenvalue weighted by Crippen LogP contribution is 2.08. The van der Waals surface area contributed by atoms with E-state index in [1.807, 2.05) is 0 Å². The van der Waals surface area contributed by atoms with Gasteiger partial charge in [0.25, 0.3) is 5.78 Å². The molecule has 2 rings (SSSR count). The van der Waals surface area contributed by atoms with E-state index in [0.717, 1.165) is 0 Å². The van der Waals surface area contributed by atoms with E-state index < -0.39 is 0 Å². The molecule has 5 nitrogen and oxygen atoms in total. The van der Waals surface area contributed by atoms with Gasteiger partial charge in [-0.15, -0.1) is 0 Å². The predicted molar refractivity (Wildman–Crippen MR) is 47.9 cm³/mol. The zero-order chi connectivity index (χ0) is 10.1. The Hall–Kier alpha value is -1.91. The molecule has 0 N–H and O–H groups in total. The van der Waals surface area contributed by atoms with Crippen molar-refractivity contribution in [2.75, 3.05) is 0 Å². The van der Waals surface area contributed by atoms with Crippen molar-refractivity contribution in [1.82, 2.24) is 14.7 Å². The molecular weight excluding hydrogens is 182 g/mol. The molecule has 0 spiro atoms. The molecule has 0 fully saturated rings. The fraction of sp³-hybridized carbons (Fsp3) is 0.222. The summed E-state index contributed by atoms with van der Waals surface area (Å²) in [5.41, 5.74) is 0.683. The zero-order valence-corrected chi connectivity index (χ0v) is 7.89. The average Bonchev–Trinajstić information content (AvgIpc) is 2.73. The second kappa shape index (κ2) is 3.10.